The number of hydrogen-bond acceptors (Lipinski definition) is 6. The fourth-order valence-electron chi connectivity index (χ4n) is 2.73. The highest BCUT2D eigenvalue weighted by atomic mass is 32.2. The molecule has 8 nitrogen and oxygen atoms in total. The fourth-order valence-corrected chi connectivity index (χ4v) is 5.38. The first-order chi connectivity index (χ1) is 13.8. The van der Waals surface area contributed by atoms with Gasteiger partial charge >= 0.3 is 0 Å². The zero-order valence-electron chi connectivity index (χ0n) is 15.7. The second-order valence-electron chi connectivity index (χ2n) is 6.18. The molecule has 0 bridgehead atoms. The van der Waals surface area contributed by atoms with Crippen LogP contribution in [0.1, 0.15) is 6.42 Å². The maximum absolute atomic E-state index is 12.8. The van der Waals surface area contributed by atoms with Crippen LogP contribution in [-0.2, 0) is 26.4 Å². The van der Waals surface area contributed by atoms with Crippen molar-refractivity contribution in [2.75, 3.05) is 13.7 Å². The Hall–Kier alpha value is -2.69. The minimum absolute atomic E-state index is 0.0686. The van der Waals surface area contributed by atoms with Gasteiger partial charge in [-0.3, -0.25) is 0 Å². The number of sulfone groups is 1. The second kappa shape index (κ2) is 8.76. The second-order valence-corrected chi connectivity index (χ2v) is 9.87. The van der Waals surface area contributed by atoms with E-state index in [2.05, 4.69) is 9.71 Å². The van der Waals surface area contributed by atoms with Gasteiger partial charge in [-0.1, -0.05) is 18.2 Å². The maximum atomic E-state index is 12.8. The van der Waals surface area contributed by atoms with Crippen LogP contribution in [-0.4, -0.2) is 40.0 Å². The zero-order valence-corrected chi connectivity index (χ0v) is 17.4. The lowest BCUT2D eigenvalue weighted by Crippen LogP contribution is -2.26. The number of nitrogens with zero attached hydrogens (tertiary/aromatic N) is 2. The smallest absolute Gasteiger partial charge is 0.244 e. The monoisotopic (exact) mass is 435 g/mol. The molecule has 154 valence electrons. The normalized spacial score (nSPS) is 12.0. The minimum Gasteiger partial charge on any atom is -0.495 e. The van der Waals surface area contributed by atoms with Crippen LogP contribution in [0.4, 0.5) is 0 Å². The molecule has 0 radical (unpaired) electrons. The molecule has 1 aromatic heterocycles. The largest absolute Gasteiger partial charge is 0.495 e. The first kappa shape index (κ1) is 21.0. The van der Waals surface area contributed by atoms with Gasteiger partial charge in [-0.15, -0.1) is 0 Å². The molecule has 0 fully saturated rings. The highest BCUT2D eigenvalue weighted by molar-refractivity contribution is 7.91. The molecule has 1 N–H and O–H groups in total. The Balaban J connectivity index is 1.84. The van der Waals surface area contributed by atoms with E-state index in [1.165, 1.54) is 31.4 Å². The number of imidazole rings is 1. The lowest BCUT2D eigenvalue weighted by Gasteiger charge is -2.13. The van der Waals surface area contributed by atoms with Crippen molar-refractivity contribution in [2.24, 2.45) is 0 Å². The van der Waals surface area contributed by atoms with Crippen LogP contribution < -0.4 is 9.46 Å². The van der Waals surface area contributed by atoms with E-state index in [-0.39, 0.29) is 27.0 Å². The molecule has 2 aromatic carbocycles. The van der Waals surface area contributed by atoms with Crippen molar-refractivity contribution in [2.45, 2.75) is 27.7 Å². The van der Waals surface area contributed by atoms with Crippen LogP contribution in [0.3, 0.4) is 0 Å². The summed E-state index contributed by atoms with van der Waals surface area (Å²) in [5, 5.41) is 0. The van der Waals surface area contributed by atoms with Gasteiger partial charge in [0.15, 0.2) is 0 Å². The van der Waals surface area contributed by atoms with Crippen molar-refractivity contribution >= 4 is 19.9 Å². The maximum Gasteiger partial charge on any atom is 0.244 e. The van der Waals surface area contributed by atoms with Crippen LogP contribution in [0.2, 0.25) is 0 Å². The molecule has 0 unspecified atom stereocenters. The number of benzene rings is 2. The van der Waals surface area contributed by atoms with Gasteiger partial charge in [0, 0.05) is 25.5 Å². The van der Waals surface area contributed by atoms with Crippen molar-refractivity contribution in [3.05, 3.63) is 67.3 Å². The average Bonchev–Trinajstić information content (AvgIpc) is 3.25. The number of nitrogens with one attached hydrogen (secondary N) is 1. The summed E-state index contributed by atoms with van der Waals surface area (Å²) in [7, 11) is -6.50. The van der Waals surface area contributed by atoms with Gasteiger partial charge in [0.1, 0.15) is 10.6 Å². The Morgan fingerprint density at radius 3 is 2.45 bits per heavy atom. The number of hydrogen-bond donors (Lipinski definition) is 1. The van der Waals surface area contributed by atoms with Crippen LogP contribution >= 0.6 is 0 Å². The van der Waals surface area contributed by atoms with E-state index < -0.39 is 19.9 Å². The molecule has 3 aromatic rings. The molecule has 0 spiro atoms. The Morgan fingerprint density at radius 1 is 1.03 bits per heavy atom. The SMILES string of the molecule is COc1ccc(S(=O)(=O)c2ccccc2)cc1S(=O)(=O)NCCCn1ccnc1. The zero-order chi connectivity index (χ0) is 20.9. The van der Waals surface area contributed by atoms with Crippen LogP contribution in [0.5, 0.6) is 5.75 Å². The molecule has 0 atom stereocenters. The van der Waals surface area contributed by atoms with E-state index in [9.17, 15) is 16.8 Å². The summed E-state index contributed by atoms with van der Waals surface area (Å²) in [5.74, 6) is 0.0686. The number of methoxy groups -OCH3 is 1. The molecule has 10 heteroatoms. The quantitative estimate of drug-likeness (QED) is 0.516. The summed E-state index contributed by atoms with van der Waals surface area (Å²) in [6.45, 7) is 0.779. The van der Waals surface area contributed by atoms with Gasteiger partial charge in [-0.25, -0.2) is 26.5 Å². The summed E-state index contributed by atoms with van der Waals surface area (Å²) in [5.41, 5.74) is 0. The Kier molecular flexibility index (Phi) is 6.36. The summed E-state index contributed by atoms with van der Waals surface area (Å²) < 4.78 is 60.7. The van der Waals surface area contributed by atoms with E-state index in [0.29, 0.717) is 13.0 Å². The Bertz CT molecular complexity index is 1160. The van der Waals surface area contributed by atoms with E-state index in [1.54, 1.807) is 36.9 Å². The predicted molar refractivity (Wildman–Crippen MR) is 107 cm³/mol. The molecule has 0 saturated carbocycles. The number of rotatable bonds is 9. The summed E-state index contributed by atoms with van der Waals surface area (Å²) in [6, 6.07) is 11.6. The number of aryl methyl sites for hydroxylation is 1. The van der Waals surface area contributed by atoms with Gasteiger partial charge in [-0.05, 0) is 36.8 Å². The van der Waals surface area contributed by atoms with Crippen molar-refractivity contribution in [1.29, 1.82) is 0 Å². The van der Waals surface area contributed by atoms with Crippen molar-refractivity contribution in [1.82, 2.24) is 14.3 Å². The van der Waals surface area contributed by atoms with Crippen molar-refractivity contribution in [3.63, 3.8) is 0 Å². The van der Waals surface area contributed by atoms with Gasteiger partial charge in [0.25, 0.3) is 0 Å². The van der Waals surface area contributed by atoms with E-state index in [0.717, 1.165) is 6.07 Å². The fraction of sp³-hybridized carbons (Fsp3) is 0.211. The molecule has 0 aliphatic carbocycles. The van der Waals surface area contributed by atoms with E-state index in [1.807, 2.05) is 4.57 Å². The Morgan fingerprint density at radius 2 is 1.79 bits per heavy atom. The summed E-state index contributed by atoms with van der Waals surface area (Å²) in [4.78, 5) is 3.67. The molecular weight excluding hydrogens is 414 g/mol. The number of ether oxygens (including phenoxy) is 1. The third-order valence-corrected chi connectivity index (χ3v) is 7.48. The molecule has 0 aliphatic rings. The highest BCUT2D eigenvalue weighted by Crippen LogP contribution is 2.29. The molecule has 0 aliphatic heterocycles. The number of sulfonamides is 1. The van der Waals surface area contributed by atoms with Crippen LogP contribution in [0.25, 0.3) is 0 Å². The van der Waals surface area contributed by atoms with Gasteiger partial charge in [-0.2, -0.15) is 0 Å². The number of aromatic nitrogens is 2. The highest BCUT2D eigenvalue weighted by Gasteiger charge is 2.24. The van der Waals surface area contributed by atoms with E-state index in [4.69, 9.17) is 4.74 Å². The molecule has 1 heterocycles. The average molecular weight is 436 g/mol. The third-order valence-electron chi connectivity index (χ3n) is 4.23. The molecule has 0 saturated heterocycles. The lowest BCUT2D eigenvalue weighted by molar-refractivity contribution is 0.401. The standard InChI is InChI=1S/C19H21N3O5S2/c1-27-18-9-8-17(28(23,24)16-6-3-2-4-7-16)14-19(18)29(25,26)21-10-5-12-22-13-11-20-15-22/h2-4,6-9,11,13-15,21H,5,10,12H2,1H3. The molecular formula is C19H21N3O5S2. The molecule has 0 amide bonds. The van der Waals surface area contributed by atoms with Gasteiger partial charge in [0.05, 0.1) is 23.2 Å². The van der Waals surface area contributed by atoms with Crippen molar-refractivity contribution < 1.29 is 21.6 Å². The third kappa shape index (κ3) is 4.84. The first-order valence-electron chi connectivity index (χ1n) is 8.78. The molecule has 3 rings (SSSR count). The van der Waals surface area contributed by atoms with Crippen molar-refractivity contribution in [3.8, 4) is 5.75 Å². The summed E-state index contributed by atoms with van der Waals surface area (Å²) >= 11 is 0. The first-order valence-corrected chi connectivity index (χ1v) is 11.7. The minimum atomic E-state index is -3.97. The van der Waals surface area contributed by atoms with Crippen LogP contribution in [0, 0.1) is 0 Å². The predicted octanol–water partition coefficient (Wildman–Crippen LogP) is 2.09. The van der Waals surface area contributed by atoms with Gasteiger partial charge < -0.3 is 9.30 Å². The topological polar surface area (TPSA) is 107 Å². The lowest BCUT2D eigenvalue weighted by atomic mass is 10.3. The summed E-state index contributed by atoms with van der Waals surface area (Å²) in [6.07, 6.45) is 5.62. The van der Waals surface area contributed by atoms with Gasteiger partial charge in [0.2, 0.25) is 19.9 Å². The molecule has 29 heavy (non-hydrogen) atoms. The van der Waals surface area contributed by atoms with Crippen LogP contribution in [0.15, 0.2) is 81.9 Å². The Labute approximate surface area is 170 Å². The van der Waals surface area contributed by atoms with E-state index >= 15 is 0 Å².